The van der Waals surface area contributed by atoms with Crippen LogP contribution in [0.4, 0.5) is 0 Å². The Kier molecular flexibility index (Phi) is 4.58. The Morgan fingerprint density at radius 1 is 1.29 bits per heavy atom. The number of nitrogens with zero attached hydrogens (tertiary/aromatic N) is 4. The minimum absolute atomic E-state index is 0.151. The van der Waals surface area contributed by atoms with Gasteiger partial charge in [-0.15, -0.1) is 0 Å². The van der Waals surface area contributed by atoms with Crippen molar-refractivity contribution in [1.29, 1.82) is 0 Å². The lowest BCUT2D eigenvalue weighted by Crippen LogP contribution is -2.35. The maximum absolute atomic E-state index is 11.9. The van der Waals surface area contributed by atoms with E-state index in [1.807, 2.05) is 24.3 Å². The molecule has 0 unspecified atom stereocenters. The summed E-state index contributed by atoms with van der Waals surface area (Å²) in [6.45, 7) is 1.16. The van der Waals surface area contributed by atoms with Crippen LogP contribution in [0, 0.1) is 0 Å². The molecule has 142 valence electrons. The molecule has 0 saturated carbocycles. The lowest BCUT2D eigenvalue weighted by atomic mass is 10.0. The number of aliphatic carboxylic acids is 1. The first kappa shape index (κ1) is 17.8. The smallest absolute Gasteiger partial charge is 0.320 e. The number of carboxylic acid groups (broad SMARTS) is 1. The number of aromatic nitrogens is 4. The van der Waals surface area contributed by atoms with Crippen molar-refractivity contribution in [3.05, 3.63) is 53.9 Å². The van der Waals surface area contributed by atoms with Crippen molar-refractivity contribution in [2.24, 2.45) is 5.73 Å². The molecule has 1 aliphatic rings. The number of fused-ring (bicyclic) bond motifs is 1. The van der Waals surface area contributed by atoms with Crippen molar-refractivity contribution in [1.82, 2.24) is 25.1 Å². The topological polar surface area (TPSA) is 136 Å². The van der Waals surface area contributed by atoms with Gasteiger partial charge in [-0.1, -0.05) is 18.2 Å². The van der Waals surface area contributed by atoms with Crippen LogP contribution >= 0.6 is 0 Å². The van der Waals surface area contributed by atoms with Gasteiger partial charge < -0.3 is 16.2 Å². The molecular formula is C19H18N6O3. The average molecular weight is 378 g/mol. The molecule has 0 fully saturated rings. The lowest BCUT2D eigenvalue weighted by Gasteiger charge is -2.13. The molecular weight excluding hydrogens is 360 g/mol. The molecule has 0 radical (unpaired) electrons. The Morgan fingerprint density at radius 3 is 2.93 bits per heavy atom. The number of nitrogens with two attached hydrogens (primary N) is 1. The van der Waals surface area contributed by atoms with E-state index in [9.17, 15) is 9.59 Å². The molecule has 9 nitrogen and oxygen atoms in total. The van der Waals surface area contributed by atoms with Gasteiger partial charge in [0.25, 0.3) is 5.91 Å². The second-order valence-electron chi connectivity index (χ2n) is 6.51. The summed E-state index contributed by atoms with van der Waals surface area (Å²) >= 11 is 0. The first-order chi connectivity index (χ1) is 13.5. The molecule has 4 rings (SSSR count). The predicted octanol–water partition coefficient (Wildman–Crippen LogP) is 0.705. The zero-order chi connectivity index (χ0) is 19.7. The van der Waals surface area contributed by atoms with E-state index in [1.165, 1.54) is 0 Å². The quantitative estimate of drug-likeness (QED) is 0.594. The van der Waals surface area contributed by atoms with E-state index in [2.05, 4.69) is 20.4 Å². The van der Waals surface area contributed by atoms with Crippen molar-refractivity contribution in [2.45, 2.75) is 19.0 Å². The number of carbonyl (C=O) groups is 2. The summed E-state index contributed by atoms with van der Waals surface area (Å²) in [5, 5.41) is 16.2. The molecule has 0 bridgehead atoms. The number of hydrogen-bond acceptors (Lipinski definition) is 6. The molecule has 1 atom stereocenters. The average Bonchev–Trinajstić information content (AvgIpc) is 3.14. The number of carboxylic acids is 1. The summed E-state index contributed by atoms with van der Waals surface area (Å²) in [5.41, 5.74) is 8.87. The van der Waals surface area contributed by atoms with Crippen molar-refractivity contribution in [3.8, 4) is 22.8 Å². The summed E-state index contributed by atoms with van der Waals surface area (Å²) in [6.07, 6.45) is 1.84. The summed E-state index contributed by atoms with van der Waals surface area (Å²) < 4.78 is 1.67. The van der Waals surface area contributed by atoms with Crippen molar-refractivity contribution in [3.63, 3.8) is 0 Å². The van der Waals surface area contributed by atoms with Crippen LogP contribution in [-0.4, -0.2) is 49.3 Å². The zero-order valence-corrected chi connectivity index (χ0v) is 14.9. The molecule has 28 heavy (non-hydrogen) atoms. The molecule has 0 saturated heterocycles. The van der Waals surface area contributed by atoms with Gasteiger partial charge in [0.15, 0.2) is 5.82 Å². The number of amides is 1. The van der Waals surface area contributed by atoms with Crippen LogP contribution < -0.4 is 11.1 Å². The first-order valence-corrected chi connectivity index (χ1v) is 8.78. The van der Waals surface area contributed by atoms with Gasteiger partial charge >= 0.3 is 5.97 Å². The minimum atomic E-state index is -1.04. The largest absolute Gasteiger partial charge is 0.480 e. The maximum Gasteiger partial charge on any atom is 0.320 e. The van der Waals surface area contributed by atoms with Crippen LogP contribution in [-0.2, 0) is 17.8 Å². The van der Waals surface area contributed by atoms with Crippen LogP contribution in [0.25, 0.3) is 22.8 Å². The monoisotopic (exact) mass is 378 g/mol. The molecule has 1 aliphatic heterocycles. The summed E-state index contributed by atoms with van der Waals surface area (Å²) in [6, 6.07) is 9.79. The van der Waals surface area contributed by atoms with Crippen LogP contribution in [0.3, 0.4) is 0 Å². The Morgan fingerprint density at radius 2 is 2.14 bits per heavy atom. The fourth-order valence-electron chi connectivity index (χ4n) is 3.08. The Hall–Kier alpha value is -3.59. The normalized spacial score (nSPS) is 14.2. The van der Waals surface area contributed by atoms with Gasteiger partial charge in [0.1, 0.15) is 17.4 Å². The fraction of sp³-hybridized carbons (Fsp3) is 0.211. The second kappa shape index (κ2) is 7.20. The van der Waals surface area contributed by atoms with Crippen molar-refractivity contribution >= 4 is 11.9 Å². The van der Waals surface area contributed by atoms with Gasteiger partial charge in [0.05, 0.1) is 12.2 Å². The van der Waals surface area contributed by atoms with E-state index in [0.29, 0.717) is 36.0 Å². The van der Waals surface area contributed by atoms with Crippen LogP contribution in [0.1, 0.15) is 16.1 Å². The van der Waals surface area contributed by atoms with Crippen LogP contribution in [0.2, 0.25) is 0 Å². The summed E-state index contributed by atoms with van der Waals surface area (Å²) in [5.74, 6) is -0.711. The highest BCUT2D eigenvalue weighted by molar-refractivity contribution is 5.94. The summed E-state index contributed by atoms with van der Waals surface area (Å²) in [4.78, 5) is 31.8. The number of benzene rings is 1. The van der Waals surface area contributed by atoms with Gasteiger partial charge in [-0.3, -0.25) is 14.3 Å². The fourth-order valence-corrected chi connectivity index (χ4v) is 3.08. The number of carbonyl (C=O) groups excluding carboxylic acids is 1. The Labute approximate surface area is 160 Å². The highest BCUT2D eigenvalue weighted by Crippen LogP contribution is 2.22. The van der Waals surface area contributed by atoms with Gasteiger partial charge in [-0.2, -0.15) is 5.10 Å². The van der Waals surface area contributed by atoms with E-state index in [1.54, 1.807) is 23.0 Å². The molecule has 0 spiro atoms. The Balaban J connectivity index is 1.65. The third-order valence-corrected chi connectivity index (χ3v) is 4.50. The minimum Gasteiger partial charge on any atom is -0.480 e. The summed E-state index contributed by atoms with van der Waals surface area (Å²) in [7, 11) is 0. The molecule has 4 N–H and O–H groups in total. The third kappa shape index (κ3) is 3.47. The molecule has 9 heteroatoms. The van der Waals surface area contributed by atoms with E-state index >= 15 is 0 Å². The maximum atomic E-state index is 11.9. The lowest BCUT2D eigenvalue weighted by molar-refractivity contribution is -0.138. The molecule has 0 aliphatic carbocycles. The third-order valence-electron chi connectivity index (χ3n) is 4.50. The predicted molar refractivity (Wildman–Crippen MR) is 100 cm³/mol. The zero-order valence-electron chi connectivity index (χ0n) is 14.9. The van der Waals surface area contributed by atoms with E-state index < -0.39 is 12.0 Å². The van der Waals surface area contributed by atoms with Gasteiger partial charge in [-0.05, 0) is 30.2 Å². The molecule has 3 aromatic rings. The number of nitrogens with one attached hydrogen (secondary N) is 1. The van der Waals surface area contributed by atoms with E-state index in [4.69, 9.17) is 10.8 Å². The van der Waals surface area contributed by atoms with Gasteiger partial charge in [0, 0.05) is 18.3 Å². The van der Waals surface area contributed by atoms with Gasteiger partial charge in [-0.25, -0.2) is 9.97 Å². The van der Waals surface area contributed by atoms with Crippen LogP contribution in [0.5, 0.6) is 0 Å². The molecule has 1 amide bonds. The molecule has 1 aromatic carbocycles. The standard InChI is InChI=1S/C19H18N6O3/c20-13(19(27)28)9-11-2-1-3-12(8-11)17-21-5-4-14(23-17)15-10-16-18(26)22-6-7-25(16)24-15/h1-5,8,10,13H,6-7,9,20H2,(H,22,26)(H,27,28)/t13-/m1/s1. The Bertz CT molecular complexity index is 1060. The van der Waals surface area contributed by atoms with E-state index in [0.717, 1.165) is 11.1 Å². The number of rotatable bonds is 5. The number of hydrogen-bond donors (Lipinski definition) is 3. The highest BCUT2D eigenvalue weighted by atomic mass is 16.4. The van der Waals surface area contributed by atoms with Crippen molar-refractivity contribution in [2.75, 3.05) is 6.54 Å². The molecule has 2 aromatic heterocycles. The SMILES string of the molecule is N[C@H](Cc1cccc(-c2nccc(-c3cc4n(n3)CCNC4=O)n2)c1)C(=O)O. The highest BCUT2D eigenvalue weighted by Gasteiger charge is 2.20. The second-order valence-corrected chi connectivity index (χ2v) is 6.51. The first-order valence-electron chi connectivity index (χ1n) is 8.78. The van der Waals surface area contributed by atoms with Crippen molar-refractivity contribution < 1.29 is 14.7 Å². The van der Waals surface area contributed by atoms with E-state index in [-0.39, 0.29) is 12.3 Å². The molecule has 3 heterocycles. The van der Waals surface area contributed by atoms with Crippen LogP contribution in [0.15, 0.2) is 42.6 Å². The van der Waals surface area contributed by atoms with Gasteiger partial charge in [0.2, 0.25) is 0 Å².